The van der Waals surface area contributed by atoms with E-state index in [0.717, 1.165) is 0 Å². The quantitative estimate of drug-likeness (QED) is 0.734. The maximum atomic E-state index is 12.6. The molecule has 0 aliphatic heterocycles. The first-order chi connectivity index (χ1) is 10.1. The molecule has 2 nitrogen and oxygen atoms in total. The third-order valence-electron chi connectivity index (χ3n) is 3.91. The molecule has 0 heterocycles. The monoisotopic (exact) mass is 280 g/mol. The van der Waals surface area contributed by atoms with Crippen LogP contribution in [0.1, 0.15) is 41.0 Å². The third-order valence-corrected chi connectivity index (χ3v) is 3.91. The molecule has 0 amide bonds. The number of rotatable bonds is 6. The number of hydrogen-bond donors (Lipinski definition) is 0. The molecule has 0 fully saturated rings. The Morgan fingerprint density at radius 2 is 1.24 bits per heavy atom. The van der Waals surface area contributed by atoms with Gasteiger partial charge in [-0.2, -0.15) is 0 Å². The van der Waals surface area contributed by atoms with Crippen molar-refractivity contribution < 1.29 is 9.59 Å². The lowest BCUT2D eigenvalue weighted by Gasteiger charge is -2.20. The second-order valence-corrected chi connectivity index (χ2v) is 5.26. The minimum absolute atomic E-state index is 0.0340. The standard InChI is InChI=1S/C19H20O2/c1-3-17(19(21)16-12-8-5-9-13-16)14(2)18(20)15-10-6-4-7-11-15/h4-14,17H,3H2,1-2H3/t14-,17-/m1/s1. The highest BCUT2D eigenvalue weighted by atomic mass is 16.1. The second kappa shape index (κ2) is 6.98. The molecule has 0 aliphatic carbocycles. The topological polar surface area (TPSA) is 34.1 Å². The number of Topliss-reactive ketones (excluding diaryl/α,β-unsaturated/α-hetero) is 2. The van der Waals surface area contributed by atoms with E-state index in [1.807, 2.05) is 62.4 Å². The SMILES string of the molecule is CC[C@@H](C(=O)c1ccccc1)[C@@H](C)C(=O)c1ccccc1. The molecule has 2 aromatic carbocycles. The Labute approximate surface area is 125 Å². The van der Waals surface area contributed by atoms with E-state index in [2.05, 4.69) is 0 Å². The van der Waals surface area contributed by atoms with E-state index in [1.54, 1.807) is 12.1 Å². The van der Waals surface area contributed by atoms with Crippen molar-refractivity contribution >= 4 is 11.6 Å². The Morgan fingerprint density at radius 1 is 0.810 bits per heavy atom. The highest BCUT2D eigenvalue weighted by molar-refractivity contribution is 6.04. The summed E-state index contributed by atoms with van der Waals surface area (Å²) in [5.74, 6) is -0.508. The molecule has 0 unspecified atom stereocenters. The van der Waals surface area contributed by atoms with Crippen LogP contribution in [0, 0.1) is 11.8 Å². The first kappa shape index (κ1) is 15.2. The molecule has 0 bridgehead atoms. The van der Waals surface area contributed by atoms with Gasteiger partial charge >= 0.3 is 0 Å². The van der Waals surface area contributed by atoms with Crippen molar-refractivity contribution in [2.45, 2.75) is 20.3 Å². The summed E-state index contributed by atoms with van der Waals surface area (Å²) in [6.07, 6.45) is 0.660. The molecule has 2 rings (SSSR count). The number of carbonyl (C=O) groups is 2. The minimum Gasteiger partial charge on any atom is -0.294 e. The van der Waals surface area contributed by atoms with Crippen molar-refractivity contribution in [3.8, 4) is 0 Å². The van der Waals surface area contributed by atoms with Crippen molar-refractivity contribution in [2.24, 2.45) is 11.8 Å². The van der Waals surface area contributed by atoms with E-state index in [9.17, 15) is 9.59 Å². The van der Waals surface area contributed by atoms with Gasteiger partial charge in [0.1, 0.15) is 0 Å². The zero-order valence-electron chi connectivity index (χ0n) is 12.5. The van der Waals surface area contributed by atoms with Crippen molar-refractivity contribution in [1.29, 1.82) is 0 Å². The van der Waals surface area contributed by atoms with Gasteiger partial charge in [-0.05, 0) is 6.42 Å². The molecular weight excluding hydrogens is 260 g/mol. The van der Waals surface area contributed by atoms with Crippen LogP contribution in [-0.4, -0.2) is 11.6 Å². The summed E-state index contributed by atoms with van der Waals surface area (Å²) >= 11 is 0. The molecule has 0 spiro atoms. The fourth-order valence-electron chi connectivity index (χ4n) is 2.63. The molecule has 0 N–H and O–H groups in total. The van der Waals surface area contributed by atoms with Crippen molar-refractivity contribution in [3.63, 3.8) is 0 Å². The Balaban J connectivity index is 2.21. The summed E-state index contributed by atoms with van der Waals surface area (Å²) in [5, 5.41) is 0. The molecule has 0 aromatic heterocycles. The van der Waals surface area contributed by atoms with Crippen LogP contribution < -0.4 is 0 Å². The third kappa shape index (κ3) is 3.46. The van der Waals surface area contributed by atoms with Gasteiger partial charge in [0.25, 0.3) is 0 Å². The predicted octanol–water partition coefficient (Wildman–Crippen LogP) is 4.41. The summed E-state index contributed by atoms with van der Waals surface area (Å²) in [7, 11) is 0. The normalized spacial score (nSPS) is 13.4. The van der Waals surface area contributed by atoms with Gasteiger partial charge in [0, 0.05) is 23.0 Å². The van der Waals surface area contributed by atoms with Gasteiger partial charge in [-0.25, -0.2) is 0 Å². The highest BCUT2D eigenvalue weighted by Gasteiger charge is 2.29. The van der Waals surface area contributed by atoms with Crippen molar-refractivity contribution in [1.82, 2.24) is 0 Å². The molecule has 108 valence electrons. The Bertz CT molecular complexity index is 602. The van der Waals surface area contributed by atoms with Gasteiger partial charge in [0.05, 0.1) is 0 Å². The number of carbonyl (C=O) groups excluding carboxylic acids is 2. The van der Waals surface area contributed by atoms with E-state index in [1.165, 1.54) is 0 Å². The molecule has 0 saturated heterocycles. The first-order valence-electron chi connectivity index (χ1n) is 7.33. The van der Waals surface area contributed by atoms with E-state index in [0.29, 0.717) is 17.5 Å². The summed E-state index contributed by atoms with van der Waals surface area (Å²) in [5.41, 5.74) is 1.35. The van der Waals surface area contributed by atoms with Crippen molar-refractivity contribution in [3.05, 3.63) is 71.8 Å². The highest BCUT2D eigenvalue weighted by Crippen LogP contribution is 2.24. The minimum atomic E-state index is -0.315. The predicted molar refractivity (Wildman–Crippen MR) is 84.5 cm³/mol. The molecule has 0 radical (unpaired) electrons. The van der Waals surface area contributed by atoms with Crippen LogP contribution >= 0.6 is 0 Å². The largest absolute Gasteiger partial charge is 0.294 e. The smallest absolute Gasteiger partial charge is 0.166 e. The fraction of sp³-hybridized carbons (Fsp3) is 0.263. The molecule has 2 atom stereocenters. The zero-order chi connectivity index (χ0) is 15.2. The van der Waals surface area contributed by atoms with Crippen molar-refractivity contribution in [2.75, 3.05) is 0 Å². The number of benzene rings is 2. The molecular formula is C19H20O2. The summed E-state index contributed by atoms with van der Waals surface area (Å²) in [6, 6.07) is 18.4. The van der Waals surface area contributed by atoms with Crippen LogP contribution in [0.15, 0.2) is 60.7 Å². The summed E-state index contributed by atoms with van der Waals surface area (Å²) in [4.78, 5) is 25.1. The van der Waals surface area contributed by atoms with E-state index < -0.39 is 0 Å². The lowest BCUT2D eigenvalue weighted by atomic mass is 9.81. The van der Waals surface area contributed by atoms with Gasteiger partial charge in [-0.1, -0.05) is 74.5 Å². The maximum absolute atomic E-state index is 12.6. The lowest BCUT2D eigenvalue weighted by molar-refractivity contribution is 0.0775. The lowest BCUT2D eigenvalue weighted by Crippen LogP contribution is -2.27. The summed E-state index contributed by atoms with van der Waals surface area (Å²) in [6.45, 7) is 3.81. The molecule has 0 saturated carbocycles. The van der Waals surface area contributed by atoms with Gasteiger partial charge in [0.15, 0.2) is 11.6 Å². The molecule has 2 heteroatoms. The van der Waals surface area contributed by atoms with E-state index in [4.69, 9.17) is 0 Å². The van der Waals surface area contributed by atoms with Crippen LogP contribution in [0.3, 0.4) is 0 Å². The van der Waals surface area contributed by atoms with Gasteiger partial charge in [0.2, 0.25) is 0 Å². The maximum Gasteiger partial charge on any atom is 0.166 e. The van der Waals surface area contributed by atoms with E-state index in [-0.39, 0.29) is 23.4 Å². The number of hydrogen-bond acceptors (Lipinski definition) is 2. The second-order valence-electron chi connectivity index (χ2n) is 5.26. The molecule has 0 aliphatic rings. The Kier molecular flexibility index (Phi) is 5.04. The Hall–Kier alpha value is -2.22. The average Bonchev–Trinajstić information content (AvgIpc) is 2.56. The molecule has 21 heavy (non-hydrogen) atoms. The van der Waals surface area contributed by atoms with Crippen LogP contribution in [-0.2, 0) is 0 Å². The van der Waals surface area contributed by atoms with Crippen LogP contribution in [0.25, 0.3) is 0 Å². The molecule has 2 aromatic rings. The van der Waals surface area contributed by atoms with Crippen LogP contribution in [0.2, 0.25) is 0 Å². The van der Waals surface area contributed by atoms with E-state index >= 15 is 0 Å². The van der Waals surface area contributed by atoms with Crippen LogP contribution in [0.4, 0.5) is 0 Å². The average molecular weight is 280 g/mol. The van der Waals surface area contributed by atoms with Gasteiger partial charge in [-0.15, -0.1) is 0 Å². The van der Waals surface area contributed by atoms with Gasteiger partial charge < -0.3 is 0 Å². The first-order valence-corrected chi connectivity index (χ1v) is 7.33. The Morgan fingerprint density at radius 3 is 1.67 bits per heavy atom. The zero-order valence-corrected chi connectivity index (χ0v) is 12.5. The fourth-order valence-corrected chi connectivity index (χ4v) is 2.63. The number of ketones is 2. The summed E-state index contributed by atoms with van der Waals surface area (Å²) < 4.78 is 0. The van der Waals surface area contributed by atoms with Crippen LogP contribution in [0.5, 0.6) is 0 Å². The van der Waals surface area contributed by atoms with Gasteiger partial charge in [-0.3, -0.25) is 9.59 Å².